The second kappa shape index (κ2) is 6.85. The summed E-state index contributed by atoms with van der Waals surface area (Å²) in [7, 11) is 0. The van der Waals surface area contributed by atoms with Gasteiger partial charge in [-0.1, -0.05) is 18.5 Å². The zero-order valence-corrected chi connectivity index (χ0v) is 12.3. The van der Waals surface area contributed by atoms with Crippen LogP contribution in [0.4, 0.5) is 11.5 Å². The smallest absolute Gasteiger partial charge is 0.289 e. The number of halogens is 1. The minimum Gasteiger partial charge on any atom is -0.354 e. The molecule has 1 aromatic heterocycles. The summed E-state index contributed by atoms with van der Waals surface area (Å²) in [5.74, 6) is 0.649. The lowest BCUT2D eigenvalue weighted by atomic mass is 10.3. The molecule has 1 saturated heterocycles. The Labute approximate surface area is 123 Å². The van der Waals surface area contributed by atoms with E-state index in [1.165, 1.54) is 12.3 Å². The molecule has 0 unspecified atom stereocenters. The van der Waals surface area contributed by atoms with Gasteiger partial charge in [-0.05, 0) is 25.9 Å². The van der Waals surface area contributed by atoms with Crippen LogP contribution in [0.2, 0.25) is 5.02 Å². The Kier molecular flexibility index (Phi) is 5.14. The van der Waals surface area contributed by atoms with Crippen LogP contribution in [0.5, 0.6) is 0 Å². The molecular formula is C13H19ClN4O2. The lowest BCUT2D eigenvalue weighted by molar-refractivity contribution is -0.385. The van der Waals surface area contributed by atoms with E-state index in [4.69, 9.17) is 11.6 Å². The van der Waals surface area contributed by atoms with Gasteiger partial charge in [0.05, 0.1) is 9.95 Å². The van der Waals surface area contributed by atoms with Gasteiger partial charge in [0.1, 0.15) is 12.0 Å². The zero-order valence-electron chi connectivity index (χ0n) is 11.6. The van der Waals surface area contributed by atoms with Gasteiger partial charge >= 0.3 is 0 Å². The lowest BCUT2D eigenvalue weighted by Gasteiger charge is -2.23. The molecule has 110 valence electrons. The van der Waals surface area contributed by atoms with Gasteiger partial charge in [-0.2, -0.15) is 0 Å². The number of pyridine rings is 1. The Balaban J connectivity index is 2.09. The Hall–Kier alpha value is -1.40. The summed E-state index contributed by atoms with van der Waals surface area (Å²) in [6.07, 6.45) is 3.47. The van der Waals surface area contributed by atoms with Crippen molar-refractivity contribution < 1.29 is 4.92 Å². The van der Waals surface area contributed by atoms with Crippen LogP contribution in [-0.2, 0) is 0 Å². The lowest BCUT2D eigenvalue weighted by Crippen LogP contribution is -2.31. The van der Waals surface area contributed by atoms with Crippen molar-refractivity contribution >= 4 is 23.1 Å². The predicted molar refractivity (Wildman–Crippen MR) is 79.5 cm³/mol. The van der Waals surface area contributed by atoms with E-state index in [0.29, 0.717) is 10.8 Å². The first-order valence-electron chi connectivity index (χ1n) is 6.89. The third kappa shape index (κ3) is 3.58. The Bertz CT molecular complexity index is 483. The van der Waals surface area contributed by atoms with Crippen LogP contribution < -0.4 is 4.90 Å². The van der Waals surface area contributed by atoms with Gasteiger partial charge in [0.2, 0.25) is 0 Å². The average Bonchev–Trinajstić information content (AvgIpc) is 2.65. The van der Waals surface area contributed by atoms with Gasteiger partial charge in [0.25, 0.3) is 5.69 Å². The zero-order chi connectivity index (χ0) is 14.5. The van der Waals surface area contributed by atoms with Crippen LogP contribution in [0.3, 0.4) is 0 Å². The monoisotopic (exact) mass is 298 g/mol. The second-order valence-corrected chi connectivity index (χ2v) is 5.35. The number of rotatable bonds is 4. The van der Waals surface area contributed by atoms with E-state index in [1.807, 2.05) is 0 Å². The number of anilines is 1. The fourth-order valence-corrected chi connectivity index (χ4v) is 2.76. The maximum Gasteiger partial charge on any atom is 0.289 e. The first-order valence-corrected chi connectivity index (χ1v) is 7.27. The fraction of sp³-hybridized carbons (Fsp3) is 0.615. The molecule has 1 aliphatic rings. The molecule has 0 bridgehead atoms. The largest absolute Gasteiger partial charge is 0.354 e. The van der Waals surface area contributed by atoms with Crippen molar-refractivity contribution in [2.45, 2.75) is 19.8 Å². The predicted octanol–water partition coefficient (Wildman–Crippen LogP) is 2.57. The van der Waals surface area contributed by atoms with Crippen LogP contribution >= 0.6 is 11.6 Å². The number of hydrogen-bond acceptors (Lipinski definition) is 5. The molecular weight excluding hydrogens is 280 g/mol. The molecule has 0 atom stereocenters. The number of hydrogen-bond donors (Lipinski definition) is 0. The molecule has 2 rings (SSSR count). The van der Waals surface area contributed by atoms with Gasteiger partial charge in [-0.3, -0.25) is 10.1 Å². The Morgan fingerprint density at radius 1 is 1.40 bits per heavy atom. The summed E-state index contributed by atoms with van der Waals surface area (Å²) in [4.78, 5) is 18.9. The normalized spacial score (nSPS) is 17.0. The summed E-state index contributed by atoms with van der Waals surface area (Å²) < 4.78 is 0. The van der Waals surface area contributed by atoms with Gasteiger partial charge in [0, 0.05) is 25.7 Å². The summed E-state index contributed by atoms with van der Waals surface area (Å²) in [6, 6.07) is 1.37. The quantitative estimate of drug-likeness (QED) is 0.631. The van der Waals surface area contributed by atoms with E-state index < -0.39 is 4.92 Å². The van der Waals surface area contributed by atoms with Gasteiger partial charge in [-0.15, -0.1) is 0 Å². The SMILES string of the molecule is CCCN1CCCN(c2ncc([N+](=O)[O-])cc2Cl)CC1. The topological polar surface area (TPSA) is 62.5 Å². The van der Waals surface area contributed by atoms with Crippen LogP contribution in [0.1, 0.15) is 19.8 Å². The molecule has 0 amide bonds. The van der Waals surface area contributed by atoms with E-state index in [0.717, 1.165) is 45.6 Å². The summed E-state index contributed by atoms with van der Waals surface area (Å²) >= 11 is 6.14. The number of nitrogens with zero attached hydrogens (tertiary/aromatic N) is 4. The molecule has 0 saturated carbocycles. The first-order chi connectivity index (χ1) is 9.61. The highest BCUT2D eigenvalue weighted by Gasteiger charge is 2.19. The van der Waals surface area contributed by atoms with Crippen molar-refractivity contribution in [2.24, 2.45) is 0 Å². The third-order valence-electron chi connectivity index (χ3n) is 3.45. The minimum absolute atomic E-state index is 0.0684. The minimum atomic E-state index is -0.478. The van der Waals surface area contributed by atoms with Crippen molar-refractivity contribution in [2.75, 3.05) is 37.6 Å². The van der Waals surface area contributed by atoms with Gasteiger partial charge in [-0.25, -0.2) is 4.98 Å². The van der Waals surface area contributed by atoms with Crippen molar-refractivity contribution in [3.05, 3.63) is 27.4 Å². The molecule has 0 radical (unpaired) electrons. The molecule has 20 heavy (non-hydrogen) atoms. The van der Waals surface area contributed by atoms with E-state index >= 15 is 0 Å². The molecule has 0 spiro atoms. The van der Waals surface area contributed by atoms with Crippen molar-refractivity contribution in [3.8, 4) is 0 Å². The summed E-state index contributed by atoms with van der Waals surface area (Å²) in [5.41, 5.74) is -0.0684. The molecule has 1 aliphatic heterocycles. The van der Waals surface area contributed by atoms with Crippen LogP contribution in [0.15, 0.2) is 12.3 Å². The van der Waals surface area contributed by atoms with Crippen molar-refractivity contribution in [1.29, 1.82) is 0 Å². The highest BCUT2D eigenvalue weighted by Crippen LogP contribution is 2.27. The first kappa shape index (κ1) is 15.0. The molecule has 0 aromatic carbocycles. The summed E-state index contributed by atoms with van der Waals surface area (Å²) in [5, 5.41) is 11.0. The molecule has 0 N–H and O–H groups in total. The van der Waals surface area contributed by atoms with Crippen LogP contribution in [0, 0.1) is 10.1 Å². The standard InChI is InChI=1S/C13H19ClN4O2/c1-2-4-16-5-3-6-17(8-7-16)13-12(14)9-11(10-15-13)18(19)20/h9-10H,2-8H2,1H3. The molecule has 1 fully saturated rings. The van der Waals surface area contributed by atoms with Crippen LogP contribution in [0.25, 0.3) is 0 Å². The number of nitro groups is 1. The molecule has 1 aromatic rings. The highest BCUT2D eigenvalue weighted by molar-refractivity contribution is 6.33. The van der Waals surface area contributed by atoms with E-state index in [-0.39, 0.29) is 5.69 Å². The molecule has 2 heterocycles. The van der Waals surface area contributed by atoms with Crippen molar-refractivity contribution in [3.63, 3.8) is 0 Å². The van der Waals surface area contributed by atoms with E-state index in [9.17, 15) is 10.1 Å². The van der Waals surface area contributed by atoms with Crippen molar-refractivity contribution in [1.82, 2.24) is 9.88 Å². The second-order valence-electron chi connectivity index (χ2n) is 4.94. The maximum absolute atomic E-state index is 10.7. The number of aromatic nitrogens is 1. The fourth-order valence-electron chi connectivity index (χ4n) is 2.48. The molecule has 7 heteroatoms. The van der Waals surface area contributed by atoms with E-state index in [1.54, 1.807) is 0 Å². The highest BCUT2D eigenvalue weighted by atomic mass is 35.5. The Morgan fingerprint density at radius 2 is 2.20 bits per heavy atom. The van der Waals surface area contributed by atoms with Gasteiger partial charge in [0.15, 0.2) is 0 Å². The molecule has 6 nitrogen and oxygen atoms in total. The van der Waals surface area contributed by atoms with Gasteiger partial charge < -0.3 is 9.80 Å². The Morgan fingerprint density at radius 3 is 2.85 bits per heavy atom. The molecule has 0 aliphatic carbocycles. The summed E-state index contributed by atoms with van der Waals surface area (Å²) in [6.45, 7) is 7.07. The van der Waals surface area contributed by atoms with Crippen LogP contribution in [-0.4, -0.2) is 47.5 Å². The maximum atomic E-state index is 10.7. The van der Waals surface area contributed by atoms with E-state index in [2.05, 4.69) is 21.7 Å². The third-order valence-corrected chi connectivity index (χ3v) is 3.72. The average molecular weight is 299 g/mol.